The quantitative estimate of drug-likeness (QED) is 0.204. The predicted molar refractivity (Wildman–Crippen MR) is 113 cm³/mol. The van der Waals surface area contributed by atoms with Crippen molar-refractivity contribution in [3.63, 3.8) is 0 Å². The lowest BCUT2D eigenvalue weighted by molar-refractivity contribution is 1.71. The topological polar surface area (TPSA) is 17.1 Å². The van der Waals surface area contributed by atoms with Gasteiger partial charge in [0.1, 0.15) is 0 Å². The molecule has 1 aromatic heterocycles. The smallest absolute Gasteiger partial charge is 0.195 e. The van der Waals surface area contributed by atoms with E-state index < -0.39 is 0 Å². The second-order valence-corrected chi connectivity index (χ2v) is 8.30. The maximum Gasteiger partial charge on any atom is 0.195 e. The first-order valence-electron chi connectivity index (χ1n) is 7.68. The Hall–Kier alpha value is -1.98. The minimum atomic E-state index is 0.132. The zero-order valence-corrected chi connectivity index (χ0v) is 15.5. The Morgan fingerprint density at radius 2 is 1.33 bits per heavy atom. The molecule has 0 spiro atoms. The Morgan fingerprint density at radius 3 is 2.08 bits per heavy atom. The molecule has 1 nitrogen and oxygen atoms in total. The summed E-state index contributed by atoms with van der Waals surface area (Å²) in [6, 6.07) is 23.0. The Kier molecular flexibility index (Phi) is 3.15. The summed E-state index contributed by atoms with van der Waals surface area (Å²) >= 11 is 3.95. The van der Waals surface area contributed by atoms with Gasteiger partial charge in [0.15, 0.2) is 5.43 Å². The molecule has 0 unspecified atom stereocenters. The van der Waals surface area contributed by atoms with E-state index in [1.165, 1.54) is 16.2 Å². The monoisotopic (exact) mass is 438 g/mol. The van der Waals surface area contributed by atoms with Gasteiger partial charge < -0.3 is 0 Å². The van der Waals surface area contributed by atoms with Gasteiger partial charge in [0.05, 0.1) is 0 Å². The van der Waals surface area contributed by atoms with E-state index in [1.807, 2.05) is 18.2 Å². The van der Waals surface area contributed by atoms with Crippen molar-refractivity contribution in [1.82, 2.24) is 0 Å². The highest BCUT2D eigenvalue weighted by Gasteiger charge is 2.08. The van der Waals surface area contributed by atoms with Crippen LogP contribution in [-0.2, 0) is 0 Å². The molecule has 0 saturated carbocycles. The fraction of sp³-hybridized carbons (Fsp3) is 0. The van der Waals surface area contributed by atoms with Gasteiger partial charge in [0.25, 0.3) is 0 Å². The third kappa shape index (κ3) is 2.15. The highest BCUT2D eigenvalue weighted by atomic mass is 127. The lowest BCUT2D eigenvalue weighted by Gasteiger charge is -2.06. The molecule has 0 fully saturated rings. The molecule has 0 N–H and O–H groups in total. The highest BCUT2D eigenvalue weighted by molar-refractivity contribution is 14.1. The maximum absolute atomic E-state index is 13.0. The van der Waals surface area contributed by atoms with E-state index in [0.717, 1.165) is 29.1 Å². The number of halogens is 1. The molecule has 0 amide bonds. The molecule has 0 aliphatic heterocycles. The van der Waals surface area contributed by atoms with E-state index in [-0.39, 0.29) is 5.43 Å². The summed E-state index contributed by atoms with van der Waals surface area (Å²) in [6.07, 6.45) is 0. The van der Waals surface area contributed by atoms with Crippen LogP contribution < -0.4 is 5.43 Å². The van der Waals surface area contributed by atoms with Gasteiger partial charge in [-0.05, 0) is 86.6 Å². The molecule has 0 atom stereocenters. The molecule has 4 aromatic carbocycles. The molecule has 0 bridgehead atoms. The van der Waals surface area contributed by atoms with Crippen LogP contribution in [0, 0.1) is 3.57 Å². The van der Waals surface area contributed by atoms with Gasteiger partial charge in [0.2, 0.25) is 0 Å². The van der Waals surface area contributed by atoms with Crippen molar-refractivity contribution in [2.45, 2.75) is 0 Å². The number of benzene rings is 4. The van der Waals surface area contributed by atoms with Crippen LogP contribution in [0.1, 0.15) is 0 Å². The van der Waals surface area contributed by atoms with Crippen molar-refractivity contribution >= 4 is 75.6 Å². The molecule has 114 valence electrons. The van der Waals surface area contributed by atoms with Gasteiger partial charge in [-0.15, -0.1) is 11.3 Å². The van der Waals surface area contributed by atoms with Crippen molar-refractivity contribution in [3.8, 4) is 0 Å². The average molecular weight is 438 g/mol. The van der Waals surface area contributed by atoms with Gasteiger partial charge in [-0.1, -0.05) is 24.3 Å². The molecule has 0 saturated heterocycles. The summed E-state index contributed by atoms with van der Waals surface area (Å²) in [5.41, 5.74) is 0.132. The molecule has 5 rings (SSSR count). The van der Waals surface area contributed by atoms with Crippen LogP contribution in [0.25, 0.3) is 41.7 Å². The largest absolute Gasteiger partial charge is 0.289 e. The Morgan fingerprint density at radius 1 is 0.667 bits per heavy atom. The van der Waals surface area contributed by atoms with E-state index in [9.17, 15) is 4.79 Å². The van der Waals surface area contributed by atoms with Gasteiger partial charge in [-0.3, -0.25) is 4.79 Å². The molecule has 5 aromatic rings. The summed E-state index contributed by atoms with van der Waals surface area (Å²) in [6.45, 7) is 0. The minimum absolute atomic E-state index is 0.132. The lowest BCUT2D eigenvalue weighted by Crippen LogP contribution is -2.01. The molecule has 3 heteroatoms. The zero-order valence-electron chi connectivity index (χ0n) is 12.5. The Labute approximate surface area is 155 Å². The maximum atomic E-state index is 13.0. The fourth-order valence-corrected chi connectivity index (χ4v) is 4.84. The minimum Gasteiger partial charge on any atom is -0.289 e. The van der Waals surface area contributed by atoms with Crippen LogP contribution in [0.3, 0.4) is 0 Å². The van der Waals surface area contributed by atoms with E-state index in [4.69, 9.17) is 0 Å². The number of hydrogen-bond donors (Lipinski definition) is 0. The van der Waals surface area contributed by atoms with Crippen LogP contribution in [0.4, 0.5) is 0 Å². The first-order valence-corrected chi connectivity index (χ1v) is 9.57. The summed E-state index contributed by atoms with van der Waals surface area (Å²) in [5.74, 6) is 0. The van der Waals surface area contributed by atoms with Crippen LogP contribution in [0.15, 0.2) is 71.5 Å². The van der Waals surface area contributed by atoms with Gasteiger partial charge >= 0.3 is 0 Å². The second kappa shape index (κ2) is 5.26. The van der Waals surface area contributed by atoms with Crippen molar-refractivity contribution in [2.75, 3.05) is 0 Å². The van der Waals surface area contributed by atoms with E-state index in [1.54, 1.807) is 11.3 Å². The third-order valence-electron chi connectivity index (χ3n) is 4.45. The summed E-state index contributed by atoms with van der Waals surface area (Å²) < 4.78 is 3.19. The number of fused-ring (bicyclic) bond motifs is 4. The molecule has 0 aliphatic carbocycles. The molecule has 24 heavy (non-hydrogen) atoms. The standard InChI is InChI=1S/C21H11IOS/c22-16-5-6-19-18(11-16)21(23)17-9-14-7-12-3-1-2-4-13(12)8-15(14)10-20(17)24-19/h1-11H. The molecular weight excluding hydrogens is 427 g/mol. The highest BCUT2D eigenvalue weighted by Crippen LogP contribution is 2.31. The van der Waals surface area contributed by atoms with E-state index >= 15 is 0 Å². The first kappa shape index (κ1) is 14.4. The molecule has 0 aliphatic rings. The molecule has 1 heterocycles. The van der Waals surface area contributed by atoms with Crippen molar-refractivity contribution in [1.29, 1.82) is 0 Å². The third-order valence-corrected chi connectivity index (χ3v) is 6.26. The average Bonchev–Trinajstić information content (AvgIpc) is 2.59. The normalized spacial score (nSPS) is 11.7. The fourth-order valence-electron chi connectivity index (χ4n) is 3.27. The Balaban J connectivity index is 1.97. The molecule has 0 radical (unpaired) electrons. The summed E-state index contributed by atoms with van der Waals surface area (Å²) in [5, 5.41) is 6.37. The van der Waals surface area contributed by atoms with E-state index in [2.05, 4.69) is 71.1 Å². The molecular formula is C21H11IOS. The van der Waals surface area contributed by atoms with Crippen LogP contribution in [0.5, 0.6) is 0 Å². The lowest BCUT2D eigenvalue weighted by atomic mass is 10.0. The number of hydrogen-bond acceptors (Lipinski definition) is 2. The van der Waals surface area contributed by atoms with Crippen LogP contribution in [-0.4, -0.2) is 0 Å². The predicted octanol–water partition coefficient (Wildman–Crippen LogP) is 6.33. The SMILES string of the molecule is O=c1c2cc(I)ccc2sc2cc3cc4ccccc4cc3cc12. The van der Waals surface area contributed by atoms with Gasteiger partial charge in [-0.25, -0.2) is 0 Å². The zero-order chi connectivity index (χ0) is 16.3. The summed E-state index contributed by atoms with van der Waals surface area (Å²) in [7, 11) is 0. The van der Waals surface area contributed by atoms with Crippen molar-refractivity contribution in [3.05, 3.63) is 80.5 Å². The van der Waals surface area contributed by atoms with Crippen LogP contribution in [0.2, 0.25) is 0 Å². The van der Waals surface area contributed by atoms with E-state index in [0.29, 0.717) is 0 Å². The number of rotatable bonds is 0. The van der Waals surface area contributed by atoms with Crippen molar-refractivity contribution < 1.29 is 0 Å². The van der Waals surface area contributed by atoms with Gasteiger partial charge in [0, 0.05) is 23.7 Å². The van der Waals surface area contributed by atoms with Crippen LogP contribution >= 0.6 is 33.9 Å². The van der Waals surface area contributed by atoms with Gasteiger partial charge in [-0.2, -0.15) is 0 Å². The van der Waals surface area contributed by atoms with Crippen molar-refractivity contribution in [2.24, 2.45) is 0 Å². The summed E-state index contributed by atoms with van der Waals surface area (Å²) in [4.78, 5) is 13.0. The Bertz CT molecular complexity index is 1330. The second-order valence-electron chi connectivity index (χ2n) is 5.97. The first-order chi connectivity index (χ1) is 11.7.